The van der Waals surface area contributed by atoms with E-state index in [9.17, 15) is 14.4 Å². The highest BCUT2D eigenvalue weighted by Gasteiger charge is 2.38. The number of halogens is 1. The molecule has 0 atom stereocenters. The van der Waals surface area contributed by atoms with Crippen LogP contribution in [0.4, 0.5) is 0 Å². The summed E-state index contributed by atoms with van der Waals surface area (Å²) in [5, 5.41) is -0.105. The molecule has 2 aromatic rings. The topological polar surface area (TPSA) is 72.9 Å². The highest BCUT2D eigenvalue weighted by atomic mass is 35.5. The van der Waals surface area contributed by atoms with E-state index in [4.69, 9.17) is 21.1 Å². The molecule has 2 aromatic carbocycles. The molecule has 0 bridgehead atoms. The van der Waals surface area contributed by atoms with E-state index in [0.29, 0.717) is 35.7 Å². The van der Waals surface area contributed by atoms with Crippen molar-refractivity contribution < 1.29 is 23.9 Å². The molecule has 0 N–H and O–H groups in total. The van der Waals surface area contributed by atoms with Crippen LogP contribution < -0.4 is 4.74 Å². The Labute approximate surface area is 186 Å². The standard InChI is InChI=1S/C24H24ClNO5/c1-3-13-30-19-11-9-17(10-12-19)20-21(25)23(28)26(22(20)27)15-16-5-7-18(8-6-16)24(29)31-14-4-2/h5-12H,3-4,13-15H2,1-2H3. The highest BCUT2D eigenvalue weighted by Crippen LogP contribution is 2.33. The molecule has 3 rings (SSSR count). The largest absolute Gasteiger partial charge is 0.494 e. The van der Waals surface area contributed by atoms with E-state index < -0.39 is 17.8 Å². The molecule has 162 valence electrons. The summed E-state index contributed by atoms with van der Waals surface area (Å²) in [5.74, 6) is -0.711. The van der Waals surface area contributed by atoms with Crippen molar-refractivity contribution in [2.75, 3.05) is 13.2 Å². The molecule has 0 aromatic heterocycles. The second kappa shape index (κ2) is 10.3. The van der Waals surface area contributed by atoms with E-state index in [0.717, 1.165) is 17.7 Å². The Morgan fingerprint density at radius 1 is 0.903 bits per heavy atom. The second-order valence-corrected chi connectivity index (χ2v) is 7.47. The zero-order chi connectivity index (χ0) is 22.4. The summed E-state index contributed by atoms with van der Waals surface area (Å²) in [6.07, 6.45) is 1.63. The monoisotopic (exact) mass is 441 g/mol. The number of benzene rings is 2. The Morgan fingerprint density at radius 2 is 1.55 bits per heavy atom. The fourth-order valence-electron chi connectivity index (χ4n) is 3.08. The zero-order valence-corrected chi connectivity index (χ0v) is 18.3. The van der Waals surface area contributed by atoms with Crippen LogP contribution in [0.3, 0.4) is 0 Å². The Bertz CT molecular complexity index is 996. The Kier molecular flexibility index (Phi) is 7.47. The van der Waals surface area contributed by atoms with Gasteiger partial charge in [0.05, 0.1) is 30.9 Å². The lowest BCUT2D eigenvalue weighted by Crippen LogP contribution is -2.30. The predicted octanol–water partition coefficient (Wildman–Crippen LogP) is 4.56. The van der Waals surface area contributed by atoms with Gasteiger partial charge in [0.2, 0.25) is 0 Å². The van der Waals surface area contributed by atoms with Gasteiger partial charge in [-0.05, 0) is 48.2 Å². The molecule has 0 unspecified atom stereocenters. The van der Waals surface area contributed by atoms with Gasteiger partial charge in [0.15, 0.2) is 0 Å². The maximum atomic E-state index is 12.9. The second-order valence-electron chi connectivity index (χ2n) is 7.09. The van der Waals surface area contributed by atoms with E-state index in [2.05, 4.69) is 0 Å². The minimum atomic E-state index is -0.542. The quantitative estimate of drug-likeness (QED) is 0.421. The number of hydrogen-bond donors (Lipinski definition) is 0. The van der Waals surface area contributed by atoms with E-state index in [-0.39, 0.29) is 17.2 Å². The molecule has 0 saturated carbocycles. The third-order valence-corrected chi connectivity index (χ3v) is 5.05. The van der Waals surface area contributed by atoms with Crippen molar-refractivity contribution in [1.29, 1.82) is 0 Å². The van der Waals surface area contributed by atoms with Gasteiger partial charge in [-0.15, -0.1) is 0 Å². The number of amides is 2. The summed E-state index contributed by atoms with van der Waals surface area (Å²) in [7, 11) is 0. The van der Waals surface area contributed by atoms with Crippen LogP contribution in [-0.2, 0) is 20.9 Å². The van der Waals surface area contributed by atoms with Crippen molar-refractivity contribution >= 4 is 35.0 Å². The van der Waals surface area contributed by atoms with Crippen LogP contribution in [0.5, 0.6) is 5.75 Å². The summed E-state index contributed by atoms with van der Waals surface area (Å²) in [6.45, 7) is 4.95. The fraction of sp³-hybridized carbons (Fsp3) is 0.292. The summed E-state index contributed by atoms with van der Waals surface area (Å²) >= 11 is 6.23. The van der Waals surface area contributed by atoms with Crippen molar-refractivity contribution in [3.05, 3.63) is 70.3 Å². The Morgan fingerprint density at radius 3 is 2.16 bits per heavy atom. The SMILES string of the molecule is CCCOC(=O)c1ccc(CN2C(=O)C(Cl)=C(c3ccc(OCCC)cc3)C2=O)cc1. The fourth-order valence-corrected chi connectivity index (χ4v) is 3.38. The number of carbonyl (C=O) groups excluding carboxylic acids is 3. The van der Waals surface area contributed by atoms with Gasteiger partial charge in [0, 0.05) is 0 Å². The first kappa shape index (κ1) is 22.6. The van der Waals surface area contributed by atoms with Gasteiger partial charge in [0.1, 0.15) is 10.8 Å². The Hall–Kier alpha value is -3.12. The van der Waals surface area contributed by atoms with Gasteiger partial charge < -0.3 is 9.47 Å². The molecule has 0 saturated heterocycles. The van der Waals surface area contributed by atoms with Crippen molar-refractivity contribution in [3.63, 3.8) is 0 Å². The minimum Gasteiger partial charge on any atom is -0.494 e. The van der Waals surface area contributed by atoms with E-state index in [1.807, 2.05) is 13.8 Å². The zero-order valence-electron chi connectivity index (χ0n) is 17.5. The van der Waals surface area contributed by atoms with Crippen LogP contribution in [0, 0.1) is 0 Å². The number of esters is 1. The van der Waals surface area contributed by atoms with Gasteiger partial charge in [-0.1, -0.05) is 49.7 Å². The lowest BCUT2D eigenvalue weighted by Gasteiger charge is -2.15. The van der Waals surface area contributed by atoms with E-state index >= 15 is 0 Å². The third-order valence-electron chi connectivity index (χ3n) is 4.69. The molecule has 0 radical (unpaired) electrons. The first-order valence-corrected chi connectivity index (χ1v) is 10.6. The number of rotatable bonds is 9. The minimum absolute atomic E-state index is 0.0549. The number of imide groups is 1. The smallest absolute Gasteiger partial charge is 0.338 e. The summed E-state index contributed by atoms with van der Waals surface area (Å²) in [6, 6.07) is 13.5. The molecular formula is C24H24ClNO5. The van der Waals surface area contributed by atoms with Crippen LogP contribution in [0.2, 0.25) is 0 Å². The maximum absolute atomic E-state index is 12.9. The number of hydrogen-bond acceptors (Lipinski definition) is 5. The number of carbonyl (C=O) groups is 3. The summed E-state index contributed by atoms with van der Waals surface area (Å²) in [5.41, 5.74) is 1.85. The molecule has 6 nitrogen and oxygen atoms in total. The third kappa shape index (κ3) is 5.14. The van der Waals surface area contributed by atoms with Gasteiger partial charge in [-0.2, -0.15) is 0 Å². The molecule has 0 aliphatic carbocycles. The molecule has 1 heterocycles. The molecule has 0 spiro atoms. The van der Waals surface area contributed by atoms with E-state index in [1.165, 1.54) is 0 Å². The van der Waals surface area contributed by atoms with Crippen molar-refractivity contribution in [2.24, 2.45) is 0 Å². The normalized spacial score (nSPS) is 13.7. The van der Waals surface area contributed by atoms with Gasteiger partial charge >= 0.3 is 5.97 Å². The first-order chi connectivity index (χ1) is 15.0. The summed E-state index contributed by atoms with van der Waals surface area (Å²) < 4.78 is 10.7. The number of ether oxygens (including phenoxy) is 2. The average molecular weight is 442 g/mol. The molecular weight excluding hydrogens is 418 g/mol. The van der Waals surface area contributed by atoms with Crippen molar-refractivity contribution in [2.45, 2.75) is 33.2 Å². The van der Waals surface area contributed by atoms with Crippen molar-refractivity contribution in [1.82, 2.24) is 4.90 Å². The number of nitrogens with zero attached hydrogens (tertiary/aromatic N) is 1. The lowest BCUT2D eigenvalue weighted by atomic mass is 10.1. The summed E-state index contributed by atoms with van der Waals surface area (Å²) in [4.78, 5) is 38.6. The van der Waals surface area contributed by atoms with Crippen LogP contribution in [0.1, 0.15) is 48.2 Å². The van der Waals surface area contributed by atoms with Crippen LogP contribution in [0.15, 0.2) is 53.6 Å². The molecule has 1 aliphatic heterocycles. The maximum Gasteiger partial charge on any atom is 0.338 e. The van der Waals surface area contributed by atoms with E-state index in [1.54, 1.807) is 48.5 Å². The molecule has 7 heteroatoms. The molecule has 2 amide bonds. The van der Waals surface area contributed by atoms with Crippen molar-refractivity contribution in [3.8, 4) is 5.75 Å². The van der Waals surface area contributed by atoms with Crippen LogP contribution in [0.25, 0.3) is 5.57 Å². The van der Waals surface area contributed by atoms with Crippen LogP contribution in [-0.4, -0.2) is 35.9 Å². The average Bonchev–Trinajstić information content (AvgIpc) is 3.00. The Balaban J connectivity index is 1.71. The molecule has 0 fully saturated rings. The van der Waals surface area contributed by atoms with Crippen LogP contribution >= 0.6 is 11.6 Å². The van der Waals surface area contributed by atoms with Gasteiger partial charge in [-0.3, -0.25) is 14.5 Å². The first-order valence-electron chi connectivity index (χ1n) is 10.2. The molecule has 1 aliphatic rings. The van der Waals surface area contributed by atoms with Gasteiger partial charge in [0.25, 0.3) is 11.8 Å². The van der Waals surface area contributed by atoms with Gasteiger partial charge in [-0.25, -0.2) is 4.79 Å². The molecule has 31 heavy (non-hydrogen) atoms. The highest BCUT2D eigenvalue weighted by molar-refractivity contribution is 6.55. The lowest BCUT2D eigenvalue weighted by molar-refractivity contribution is -0.137. The predicted molar refractivity (Wildman–Crippen MR) is 118 cm³/mol.